The molecule has 28 heavy (non-hydrogen) atoms. The fourth-order valence-corrected chi connectivity index (χ4v) is 2.98. The van der Waals surface area contributed by atoms with Crippen molar-refractivity contribution in [1.29, 1.82) is 0 Å². The van der Waals surface area contributed by atoms with Crippen molar-refractivity contribution in [3.63, 3.8) is 0 Å². The van der Waals surface area contributed by atoms with E-state index in [4.69, 9.17) is 4.74 Å². The maximum absolute atomic E-state index is 5.50. The second kappa shape index (κ2) is 9.30. The van der Waals surface area contributed by atoms with E-state index >= 15 is 0 Å². The van der Waals surface area contributed by atoms with Gasteiger partial charge in [0.1, 0.15) is 5.82 Å². The van der Waals surface area contributed by atoms with Crippen molar-refractivity contribution < 1.29 is 4.74 Å². The number of aryl methyl sites for hydroxylation is 2. The topological polar surface area (TPSA) is 69.0 Å². The zero-order valence-corrected chi connectivity index (χ0v) is 17.1. The van der Waals surface area contributed by atoms with Crippen LogP contribution in [0, 0.1) is 0 Å². The Hall–Kier alpha value is -2.96. The van der Waals surface area contributed by atoms with Gasteiger partial charge in [-0.3, -0.25) is 0 Å². The first kappa shape index (κ1) is 19.8. The molecule has 2 aromatic heterocycles. The summed E-state index contributed by atoms with van der Waals surface area (Å²) in [4.78, 5) is 15.7. The number of fused-ring (bicyclic) bond motifs is 1. The largest absolute Gasteiger partial charge is 0.478 e. The molecular weight excluding hydrogens is 352 g/mol. The molecule has 3 rings (SSSR count). The van der Waals surface area contributed by atoms with E-state index in [0.717, 1.165) is 37.2 Å². The van der Waals surface area contributed by atoms with Crippen molar-refractivity contribution in [1.82, 2.24) is 24.7 Å². The summed E-state index contributed by atoms with van der Waals surface area (Å²) in [6.07, 6.45) is 15.8. The lowest BCUT2D eigenvalue weighted by Gasteiger charge is -2.17. The normalized spacial score (nSPS) is 13.7. The second-order valence-corrected chi connectivity index (χ2v) is 6.93. The predicted molar refractivity (Wildman–Crippen MR) is 112 cm³/mol. The molecule has 0 bridgehead atoms. The van der Waals surface area contributed by atoms with Gasteiger partial charge >= 0.3 is 0 Å². The molecule has 0 aromatic carbocycles. The number of hydrogen-bond donors (Lipinski definition) is 0. The molecule has 1 aliphatic heterocycles. The monoisotopic (exact) mass is 380 g/mol. The van der Waals surface area contributed by atoms with Gasteiger partial charge in [0.2, 0.25) is 0 Å². The Morgan fingerprint density at radius 1 is 1.25 bits per heavy atom. The Kier molecular flexibility index (Phi) is 6.57. The number of ether oxygens (including phenoxy) is 1. The number of anilines is 1. The van der Waals surface area contributed by atoms with Crippen LogP contribution in [0.15, 0.2) is 30.2 Å². The number of methoxy groups -OCH3 is 1. The molecule has 0 saturated heterocycles. The zero-order chi connectivity index (χ0) is 19.9. The van der Waals surface area contributed by atoms with E-state index < -0.39 is 0 Å². The summed E-state index contributed by atoms with van der Waals surface area (Å²) in [6, 6.07) is 0. The maximum Gasteiger partial charge on any atom is 0.258 e. The molecule has 7 nitrogen and oxygen atoms in total. The SMILES string of the molecule is CC/C=C/N(C=C(C)C)c1ncc(/C=C/c2nc3n(n2)CCCC3)nc1OC. The summed E-state index contributed by atoms with van der Waals surface area (Å²) >= 11 is 0. The summed E-state index contributed by atoms with van der Waals surface area (Å²) in [7, 11) is 1.61. The molecule has 0 saturated carbocycles. The summed E-state index contributed by atoms with van der Waals surface area (Å²) in [5.74, 6) is 2.89. The molecule has 7 heteroatoms. The third-order valence-corrected chi connectivity index (χ3v) is 4.27. The first-order valence-corrected chi connectivity index (χ1v) is 9.73. The lowest BCUT2D eigenvalue weighted by Crippen LogP contribution is -2.12. The van der Waals surface area contributed by atoms with Crippen LogP contribution in [0.5, 0.6) is 5.88 Å². The first-order chi connectivity index (χ1) is 13.6. The molecule has 0 radical (unpaired) electrons. The molecular formula is C21H28N6O. The van der Waals surface area contributed by atoms with Crippen LogP contribution in [0.3, 0.4) is 0 Å². The van der Waals surface area contributed by atoms with Crippen molar-refractivity contribution in [2.24, 2.45) is 0 Å². The van der Waals surface area contributed by atoms with E-state index in [1.807, 2.05) is 48.0 Å². The first-order valence-electron chi connectivity index (χ1n) is 9.73. The number of nitrogens with zero attached hydrogens (tertiary/aromatic N) is 6. The van der Waals surface area contributed by atoms with Gasteiger partial charge in [0.25, 0.3) is 5.88 Å². The van der Waals surface area contributed by atoms with Crippen LogP contribution in [0.1, 0.15) is 57.4 Å². The fourth-order valence-electron chi connectivity index (χ4n) is 2.98. The van der Waals surface area contributed by atoms with Crippen molar-refractivity contribution in [2.75, 3.05) is 12.0 Å². The minimum atomic E-state index is 0.470. The van der Waals surface area contributed by atoms with Gasteiger partial charge in [-0.05, 0) is 45.3 Å². The highest BCUT2D eigenvalue weighted by molar-refractivity contribution is 5.66. The number of allylic oxidation sites excluding steroid dienone is 2. The van der Waals surface area contributed by atoms with Gasteiger partial charge in [-0.25, -0.2) is 19.6 Å². The average Bonchev–Trinajstić information content (AvgIpc) is 3.12. The number of hydrogen-bond acceptors (Lipinski definition) is 6. The van der Waals surface area contributed by atoms with Gasteiger partial charge in [-0.1, -0.05) is 18.6 Å². The average molecular weight is 380 g/mol. The lowest BCUT2D eigenvalue weighted by atomic mass is 10.2. The van der Waals surface area contributed by atoms with Crippen LogP contribution < -0.4 is 9.64 Å². The van der Waals surface area contributed by atoms with Crippen LogP contribution >= 0.6 is 0 Å². The van der Waals surface area contributed by atoms with E-state index in [0.29, 0.717) is 23.2 Å². The van der Waals surface area contributed by atoms with Crippen molar-refractivity contribution in [3.05, 3.63) is 47.6 Å². The minimum absolute atomic E-state index is 0.470. The molecule has 0 amide bonds. The highest BCUT2D eigenvalue weighted by Crippen LogP contribution is 2.25. The Balaban J connectivity index is 1.84. The smallest absolute Gasteiger partial charge is 0.258 e. The van der Waals surface area contributed by atoms with Crippen LogP contribution in [0.25, 0.3) is 12.2 Å². The van der Waals surface area contributed by atoms with E-state index in [2.05, 4.69) is 33.1 Å². The summed E-state index contributed by atoms with van der Waals surface area (Å²) < 4.78 is 7.50. The van der Waals surface area contributed by atoms with Gasteiger partial charge in [0, 0.05) is 25.4 Å². The predicted octanol–water partition coefficient (Wildman–Crippen LogP) is 4.24. The summed E-state index contributed by atoms with van der Waals surface area (Å²) in [5, 5.41) is 4.53. The highest BCUT2D eigenvalue weighted by Gasteiger charge is 2.14. The molecule has 148 valence electrons. The van der Waals surface area contributed by atoms with Crippen molar-refractivity contribution >= 4 is 18.0 Å². The van der Waals surface area contributed by atoms with Gasteiger partial charge in [0.15, 0.2) is 11.6 Å². The van der Waals surface area contributed by atoms with Crippen molar-refractivity contribution in [3.8, 4) is 5.88 Å². The second-order valence-electron chi connectivity index (χ2n) is 6.93. The van der Waals surface area contributed by atoms with Gasteiger partial charge < -0.3 is 9.64 Å². The maximum atomic E-state index is 5.50. The van der Waals surface area contributed by atoms with E-state index in [-0.39, 0.29) is 0 Å². The van der Waals surface area contributed by atoms with Gasteiger partial charge in [-0.2, -0.15) is 5.10 Å². The molecule has 0 aliphatic carbocycles. The molecule has 0 N–H and O–H groups in total. The Bertz CT molecular complexity index is 869. The third-order valence-electron chi connectivity index (χ3n) is 4.27. The summed E-state index contributed by atoms with van der Waals surface area (Å²) in [6.45, 7) is 7.13. The Morgan fingerprint density at radius 2 is 2.11 bits per heavy atom. The molecule has 0 fully saturated rings. The van der Waals surface area contributed by atoms with Gasteiger partial charge in [-0.15, -0.1) is 0 Å². The van der Waals surface area contributed by atoms with E-state index in [1.54, 1.807) is 13.3 Å². The zero-order valence-electron chi connectivity index (χ0n) is 17.1. The highest BCUT2D eigenvalue weighted by atomic mass is 16.5. The molecule has 0 atom stereocenters. The van der Waals surface area contributed by atoms with E-state index in [9.17, 15) is 0 Å². The number of aromatic nitrogens is 5. The molecule has 3 heterocycles. The van der Waals surface area contributed by atoms with Crippen LogP contribution in [0.4, 0.5) is 5.82 Å². The Labute approximate surface area is 166 Å². The molecule has 0 unspecified atom stereocenters. The third kappa shape index (κ3) is 4.85. The van der Waals surface area contributed by atoms with Crippen LogP contribution in [-0.2, 0) is 13.0 Å². The molecule has 0 spiro atoms. The van der Waals surface area contributed by atoms with E-state index in [1.165, 1.54) is 6.42 Å². The number of rotatable bonds is 7. The summed E-state index contributed by atoms with van der Waals surface area (Å²) in [5.41, 5.74) is 1.85. The fraction of sp³-hybridized carbons (Fsp3) is 0.429. The standard InChI is InChI=1S/C21H28N6O/c1-5-6-12-26(15-16(2)3)20-21(28-4)23-17(14-22-20)10-11-18-24-19-9-7-8-13-27(19)25-18/h6,10-12,14-15H,5,7-9,13H2,1-4H3/b11-10+,12-6+. The lowest BCUT2D eigenvalue weighted by molar-refractivity contribution is 0.396. The molecule has 1 aliphatic rings. The molecule has 2 aromatic rings. The Morgan fingerprint density at radius 3 is 2.82 bits per heavy atom. The quantitative estimate of drug-likeness (QED) is 0.716. The van der Waals surface area contributed by atoms with Crippen LogP contribution in [-0.4, -0.2) is 31.8 Å². The van der Waals surface area contributed by atoms with Crippen LogP contribution in [0.2, 0.25) is 0 Å². The van der Waals surface area contributed by atoms with Gasteiger partial charge in [0.05, 0.1) is 19.0 Å². The minimum Gasteiger partial charge on any atom is -0.478 e. The van der Waals surface area contributed by atoms with Crippen molar-refractivity contribution in [2.45, 2.75) is 53.0 Å².